The Balaban J connectivity index is 1.25. The third-order valence-corrected chi connectivity index (χ3v) is 8.83. The van der Waals surface area contributed by atoms with Crippen molar-refractivity contribution in [2.75, 3.05) is 13.2 Å². The average molecular weight is 449 g/mol. The van der Waals surface area contributed by atoms with Crippen LogP contribution in [0.15, 0.2) is 12.1 Å². The van der Waals surface area contributed by atoms with Gasteiger partial charge in [-0.25, -0.2) is 4.39 Å². The molecule has 5 heteroatoms. The number of ether oxygens (including phenoxy) is 2. The Morgan fingerprint density at radius 2 is 1.81 bits per heavy atom. The van der Waals surface area contributed by atoms with Crippen LogP contribution in [0.3, 0.4) is 0 Å². The van der Waals surface area contributed by atoms with Gasteiger partial charge in [0.1, 0.15) is 11.6 Å². The normalized spacial score (nSPS) is 36.0. The lowest BCUT2D eigenvalue weighted by Crippen LogP contribution is -2.48. The van der Waals surface area contributed by atoms with E-state index in [9.17, 15) is 9.18 Å². The van der Waals surface area contributed by atoms with E-state index in [2.05, 4.69) is 0 Å². The van der Waals surface area contributed by atoms with Gasteiger partial charge in [-0.15, -0.1) is 0 Å². The Morgan fingerprint density at radius 1 is 1.13 bits per heavy atom. The van der Waals surface area contributed by atoms with Crippen molar-refractivity contribution in [2.45, 2.75) is 71.1 Å². The predicted molar refractivity (Wildman–Crippen MR) is 119 cm³/mol. The summed E-state index contributed by atoms with van der Waals surface area (Å²) >= 11 is 6.54. The first kappa shape index (κ1) is 21.6. The summed E-state index contributed by atoms with van der Waals surface area (Å²) in [6.07, 6.45) is 11.2. The smallest absolute Gasteiger partial charge is 0.309 e. The molecule has 5 aliphatic carbocycles. The van der Waals surface area contributed by atoms with E-state index in [1.807, 2.05) is 6.92 Å². The number of esters is 1. The van der Waals surface area contributed by atoms with Crippen molar-refractivity contribution >= 4 is 17.6 Å². The molecular formula is C26H34ClFO3. The molecule has 0 aromatic heterocycles. The van der Waals surface area contributed by atoms with Gasteiger partial charge in [0.15, 0.2) is 0 Å². The Bertz CT molecular complexity index is 803. The topological polar surface area (TPSA) is 35.5 Å². The second-order valence-electron chi connectivity index (χ2n) is 10.8. The molecule has 2 unspecified atom stereocenters. The quantitative estimate of drug-likeness (QED) is 0.441. The maximum Gasteiger partial charge on any atom is 0.309 e. The Kier molecular flexibility index (Phi) is 5.96. The molecule has 3 nitrogen and oxygen atoms in total. The molecule has 0 amide bonds. The SMILES string of the molecule is CCOC(=O)C1CCCC1Cc1cc(Cl)c(OCC23CC4CC(CC(C4)C2)C3)cc1F. The fraction of sp³-hybridized carbons (Fsp3) is 0.731. The maximum atomic E-state index is 15.0. The lowest BCUT2D eigenvalue weighted by Gasteiger charge is -2.56. The number of halogens is 2. The summed E-state index contributed by atoms with van der Waals surface area (Å²) < 4.78 is 26.4. The molecule has 2 atom stereocenters. The molecule has 5 saturated carbocycles. The van der Waals surface area contributed by atoms with Crippen LogP contribution in [0.1, 0.15) is 70.3 Å². The van der Waals surface area contributed by atoms with Crippen LogP contribution in [0.25, 0.3) is 0 Å². The highest BCUT2D eigenvalue weighted by molar-refractivity contribution is 6.32. The van der Waals surface area contributed by atoms with Gasteiger partial charge in [-0.3, -0.25) is 4.79 Å². The van der Waals surface area contributed by atoms with Crippen LogP contribution in [0.2, 0.25) is 5.02 Å². The lowest BCUT2D eigenvalue weighted by molar-refractivity contribution is -0.149. The van der Waals surface area contributed by atoms with Crippen molar-refractivity contribution in [3.05, 3.63) is 28.5 Å². The van der Waals surface area contributed by atoms with E-state index in [4.69, 9.17) is 21.1 Å². The minimum Gasteiger partial charge on any atom is -0.491 e. The third kappa shape index (κ3) is 4.34. The Morgan fingerprint density at radius 3 is 2.45 bits per heavy atom. The lowest BCUT2D eigenvalue weighted by atomic mass is 9.50. The highest BCUT2D eigenvalue weighted by atomic mass is 35.5. The van der Waals surface area contributed by atoms with E-state index in [1.54, 1.807) is 6.07 Å². The van der Waals surface area contributed by atoms with Crippen LogP contribution >= 0.6 is 11.6 Å². The molecule has 5 fully saturated rings. The van der Waals surface area contributed by atoms with Crippen LogP contribution < -0.4 is 4.74 Å². The van der Waals surface area contributed by atoms with Crippen molar-refractivity contribution in [3.8, 4) is 5.75 Å². The van der Waals surface area contributed by atoms with Gasteiger partial charge >= 0.3 is 5.97 Å². The van der Waals surface area contributed by atoms with E-state index in [1.165, 1.54) is 44.6 Å². The first-order valence-electron chi connectivity index (χ1n) is 12.2. The third-order valence-electron chi connectivity index (χ3n) is 8.53. The number of rotatable bonds is 7. The number of hydrogen-bond donors (Lipinski definition) is 0. The molecule has 5 aliphatic rings. The second kappa shape index (κ2) is 8.57. The van der Waals surface area contributed by atoms with Crippen molar-refractivity contribution in [1.82, 2.24) is 0 Å². The van der Waals surface area contributed by atoms with E-state index in [-0.39, 0.29) is 29.0 Å². The molecule has 0 heterocycles. The van der Waals surface area contributed by atoms with Gasteiger partial charge in [-0.2, -0.15) is 0 Å². The predicted octanol–water partition coefficient (Wildman–Crippen LogP) is 6.60. The van der Waals surface area contributed by atoms with Crippen LogP contribution in [0.4, 0.5) is 4.39 Å². The van der Waals surface area contributed by atoms with Gasteiger partial charge in [-0.05, 0) is 100 Å². The van der Waals surface area contributed by atoms with Crippen LogP contribution in [0.5, 0.6) is 5.75 Å². The van der Waals surface area contributed by atoms with Crippen molar-refractivity contribution in [2.24, 2.45) is 35.0 Å². The zero-order valence-corrected chi connectivity index (χ0v) is 19.3. The molecule has 170 valence electrons. The minimum atomic E-state index is -0.278. The van der Waals surface area contributed by atoms with Crippen LogP contribution in [-0.2, 0) is 16.0 Å². The molecule has 6 rings (SSSR count). The summed E-state index contributed by atoms with van der Waals surface area (Å²) in [5.74, 6) is 2.61. The number of carbonyl (C=O) groups excluding carboxylic acids is 1. The van der Waals surface area contributed by atoms with Crippen molar-refractivity contribution < 1.29 is 18.7 Å². The standard InChI is InChI=1S/C26H34ClFO3/c1-2-30-25(29)21-5-3-4-19(21)9-20-10-22(27)24(11-23(20)28)31-15-26-12-16-6-17(13-26)8-18(7-16)14-26/h10-11,16-19,21H,2-9,12-15H2,1H3. The monoisotopic (exact) mass is 448 g/mol. The first-order chi connectivity index (χ1) is 14.9. The van der Waals surface area contributed by atoms with Gasteiger partial charge in [0.25, 0.3) is 0 Å². The minimum absolute atomic E-state index is 0.114. The van der Waals surface area contributed by atoms with Crippen LogP contribution in [-0.4, -0.2) is 19.2 Å². The van der Waals surface area contributed by atoms with Crippen molar-refractivity contribution in [1.29, 1.82) is 0 Å². The molecule has 0 radical (unpaired) electrons. The summed E-state index contributed by atoms with van der Waals surface area (Å²) in [6, 6.07) is 3.18. The summed E-state index contributed by atoms with van der Waals surface area (Å²) in [4.78, 5) is 12.2. The molecular weight excluding hydrogens is 415 g/mol. The van der Waals surface area contributed by atoms with Gasteiger partial charge < -0.3 is 9.47 Å². The summed E-state index contributed by atoms with van der Waals surface area (Å²) in [7, 11) is 0. The van der Waals surface area contributed by atoms with Crippen LogP contribution in [0, 0.1) is 40.8 Å². The average Bonchev–Trinajstić information content (AvgIpc) is 3.17. The van der Waals surface area contributed by atoms with Gasteiger partial charge in [0.05, 0.1) is 24.2 Å². The van der Waals surface area contributed by atoms with E-state index in [0.717, 1.165) is 37.0 Å². The number of carbonyl (C=O) groups is 1. The molecule has 1 aromatic rings. The number of benzene rings is 1. The molecule has 0 N–H and O–H groups in total. The Hall–Kier alpha value is -1.29. The summed E-state index contributed by atoms with van der Waals surface area (Å²) in [6.45, 7) is 2.87. The van der Waals surface area contributed by atoms with Gasteiger partial charge in [0, 0.05) is 11.5 Å². The number of hydrogen-bond acceptors (Lipinski definition) is 3. The Labute approximate surface area is 190 Å². The zero-order chi connectivity index (χ0) is 21.6. The molecule has 4 bridgehead atoms. The first-order valence-corrected chi connectivity index (χ1v) is 12.6. The van der Waals surface area contributed by atoms with Gasteiger partial charge in [-0.1, -0.05) is 18.0 Å². The molecule has 0 saturated heterocycles. The van der Waals surface area contributed by atoms with Gasteiger partial charge in [0.2, 0.25) is 0 Å². The molecule has 0 spiro atoms. The molecule has 31 heavy (non-hydrogen) atoms. The van der Waals surface area contributed by atoms with E-state index < -0.39 is 0 Å². The summed E-state index contributed by atoms with van der Waals surface area (Å²) in [5.41, 5.74) is 0.845. The molecule has 0 aliphatic heterocycles. The fourth-order valence-corrected chi connectivity index (χ4v) is 7.90. The zero-order valence-electron chi connectivity index (χ0n) is 18.5. The highest BCUT2D eigenvalue weighted by Crippen LogP contribution is 2.60. The molecule has 1 aromatic carbocycles. The fourth-order valence-electron chi connectivity index (χ4n) is 7.66. The van der Waals surface area contributed by atoms with Crippen molar-refractivity contribution in [3.63, 3.8) is 0 Å². The maximum absolute atomic E-state index is 15.0. The van der Waals surface area contributed by atoms with E-state index >= 15 is 0 Å². The van der Waals surface area contributed by atoms with E-state index in [0.29, 0.717) is 36.0 Å². The second-order valence-corrected chi connectivity index (χ2v) is 11.2. The summed E-state index contributed by atoms with van der Waals surface area (Å²) in [5, 5.41) is 0.479. The highest BCUT2D eigenvalue weighted by Gasteiger charge is 2.51. The largest absolute Gasteiger partial charge is 0.491 e.